The number of oxime groups is 1. The molecule has 1 aromatic carbocycles. The summed E-state index contributed by atoms with van der Waals surface area (Å²) < 4.78 is 20.4. The monoisotopic (exact) mass is 466 g/mol. The van der Waals surface area contributed by atoms with E-state index in [0.717, 1.165) is 0 Å². The molecule has 0 radical (unpaired) electrons. The van der Waals surface area contributed by atoms with Crippen LogP contribution in [0, 0.1) is 0 Å². The first kappa shape index (κ1) is 23.8. The van der Waals surface area contributed by atoms with E-state index in [1.807, 2.05) is 0 Å². The summed E-state index contributed by atoms with van der Waals surface area (Å²) in [5, 5.41) is 25.2. The normalized spacial score (nSPS) is 10.7. The molecular formula is C22H22N6O6. The van der Waals surface area contributed by atoms with Crippen molar-refractivity contribution in [1.29, 1.82) is 0 Å². The summed E-state index contributed by atoms with van der Waals surface area (Å²) in [5.74, 6) is 1.65. The van der Waals surface area contributed by atoms with Crippen LogP contribution in [0.3, 0.4) is 0 Å². The van der Waals surface area contributed by atoms with E-state index in [1.165, 1.54) is 27.5 Å². The van der Waals surface area contributed by atoms with Crippen LogP contribution in [-0.4, -0.2) is 57.6 Å². The first-order valence-electron chi connectivity index (χ1n) is 9.70. The van der Waals surface area contributed by atoms with E-state index in [1.54, 1.807) is 48.7 Å². The van der Waals surface area contributed by atoms with Crippen LogP contribution in [0.2, 0.25) is 0 Å². The molecular weight excluding hydrogens is 444 g/mol. The van der Waals surface area contributed by atoms with Crippen LogP contribution in [0.1, 0.15) is 5.69 Å². The highest BCUT2D eigenvalue weighted by molar-refractivity contribution is 5.97. The molecule has 4 aromatic rings. The second kappa shape index (κ2) is 11.1. The number of para-hydroxylation sites is 1. The minimum absolute atomic E-state index is 0.0619. The lowest BCUT2D eigenvalue weighted by atomic mass is 10.2. The fraction of sp³-hybridized carbons (Fsp3) is 0.136. The molecule has 0 unspecified atom stereocenters. The predicted octanol–water partition coefficient (Wildman–Crippen LogP) is 2.71. The van der Waals surface area contributed by atoms with Crippen LogP contribution in [0.25, 0.3) is 23.0 Å². The quantitative estimate of drug-likeness (QED) is 0.165. The minimum atomic E-state index is -0.0625. The molecule has 12 nitrogen and oxygen atoms in total. The van der Waals surface area contributed by atoms with Gasteiger partial charge in [-0.05, 0) is 36.4 Å². The van der Waals surface area contributed by atoms with E-state index in [4.69, 9.17) is 29.7 Å². The van der Waals surface area contributed by atoms with Crippen molar-refractivity contribution < 1.29 is 29.0 Å². The van der Waals surface area contributed by atoms with Gasteiger partial charge in [-0.15, -0.1) is 0 Å². The van der Waals surface area contributed by atoms with Gasteiger partial charge in [0.2, 0.25) is 5.82 Å². The standard InChI is InChI=1S/C15H13N3O4.C7H9N3O2/c1-20-10-7-4-8-16-12(10)14-17-15(22-18-14)9-5-3-6-11(21-2)13(9)19;1-12-5-3-2-4-9-6(5)7(8)10-11/h3-8,19H,1-2H3;2-4,11H,1H3,(H2,8,10). The molecule has 0 amide bonds. The summed E-state index contributed by atoms with van der Waals surface area (Å²) in [5.41, 5.74) is 6.51. The number of ether oxygens (including phenoxy) is 3. The number of hydrogen-bond acceptors (Lipinski definition) is 11. The topological polar surface area (TPSA) is 171 Å². The number of hydrogen-bond donors (Lipinski definition) is 3. The molecule has 0 aliphatic heterocycles. The SMILES string of the molecule is COc1cccnc1-c1noc(-c2cccc(OC)c2O)n1.COc1cccnc1C(N)=NO. The molecule has 3 aromatic heterocycles. The van der Waals surface area contributed by atoms with Gasteiger partial charge in [-0.1, -0.05) is 16.4 Å². The van der Waals surface area contributed by atoms with Gasteiger partial charge in [0.15, 0.2) is 28.7 Å². The lowest BCUT2D eigenvalue weighted by Crippen LogP contribution is -2.15. The van der Waals surface area contributed by atoms with Crippen molar-refractivity contribution >= 4 is 5.84 Å². The van der Waals surface area contributed by atoms with Crippen molar-refractivity contribution in [2.45, 2.75) is 0 Å². The van der Waals surface area contributed by atoms with Crippen molar-refractivity contribution in [3.05, 3.63) is 60.6 Å². The maximum atomic E-state index is 10.1. The Balaban J connectivity index is 0.000000229. The third-order valence-electron chi connectivity index (χ3n) is 4.42. The molecule has 0 saturated carbocycles. The van der Waals surface area contributed by atoms with E-state index in [9.17, 15) is 5.11 Å². The van der Waals surface area contributed by atoms with Gasteiger partial charge in [0.1, 0.15) is 11.5 Å². The molecule has 0 bridgehead atoms. The number of rotatable bonds is 6. The van der Waals surface area contributed by atoms with E-state index in [-0.39, 0.29) is 23.3 Å². The summed E-state index contributed by atoms with van der Waals surface area (Å²) in [7, 11) is 4.50. The summed E-state index contributed by atoms with van der Waals surface area (Å²) in [6.07, 6.45) is 3.15. The van der Waals surface area contributed by atoms with Crippen LogP contribution in [0.5, 0.6) is 23.0 Å². The zero-order chi connectivity index (χ0) is 24.5. The minimum Gasteiger partial charge on any atom is -0.504 e. The van der Waals surface area contributed by atoms with Crippen molar-refractivity contribution in [3.63, 3.8) is 0 Å². The highest BCUT2D eigenvalue weighted by Gasteiger charge is 2.19. The van der Waals surface area contributed by atoms with Gasteiger partial charge >= 0.3 is 0 Å². The van der Waals surface area contributed by atoms with Gasteiger partial charge in [-0.25, -0.2) is 9.97 Å². The average Bonchev–Trinajstić information content (AvgIpc) is 3.38. The first-order chi connectivity index (χ1) is 16.5. The van der Waals surface area contributed by atoms with Gasteiger partial charge < -0.3 is 34.8 Å². The Morgan fingerprint density at radius 1 is 0.912 bits per heavy atom. The molecule has 4 rings (SSSR count). The maximum Gasteiger partial charge on any atom is 0.262 e. The molecule has 34 heavy (non-hydrogen) atoms. The number of phenolic OH excluding ortho intramolecular Hbond substituents is 1. The summed E-state index contributed by atoms with van der Waals surface area (Å²) in [6.45, 7) is 0. The second-order valence-corrected chi connectivity index (χ2v) is 6.37. The van der Waals surface area contributed by atoms with Gasteiger partial charge in [0, 0.05) is 12.4 Å². The zero-order valence-corrected chi connectivity index (χ0v) is 18.5. The molecule has 12 heteroatoms. The van der Waals surface area contributed by atoms with Crippen LogP contribution in [0.4, 0.5) is 0 Å². The number of nitrogens with zero attached hydrogens (tertiary/aromatic N) is 5. The Morgan fingerprint density at radius 3 is 2.24 bits per heavy atom. The van der Waals surface area contributed by atoms with E-state index in [2.05, 4.69) is 25.3 Å². The van der Waals surface area contributed by atoms with Crippen molar-refractivity contribution in [1.82, 2.24) is 20.1 Å². The lowest BCUT2D eigenvalue weighted by Gasteiger charge is -2.05. The number of amidine groups is 1. The number of phenols is 1. The van der Waals surface area contributed by atoms with E-state index < -0.39 is 0 Å². The van der Waals surface area contributed by atoms with E-state index in [0.29, 0.717) is 34.2 Å². The Labute approximate surface area is 194 Å². The zero-order valence-electron chi connectivity index (χ0n) is 18.5. The number of methoxy groups -OCH3 is 3. The number of benzene rings is 1. The summed E-state index contributed by atoms with van der Waals surface area (Å²) in [6, 6.07) is 11.9. The highest BCUT2D eigenvalue weighted by Crippen LogP contribution is 2.37. The molecule has 0 atom stereocenters. The average molecular weight is 466 g/mol. The third-order valence-corrected chi connectivity index (χ3v) is 4.42. The fourth-order valence-corrected chi connectivity index (χ4v) is 2.81. The molecule has 0 aliphatic carbocycles. The van der Waals surface area contributed by atoms with E-state index >= 15 is 0 Å². The highest BCUT2D eigenvalue weighted by atomic mass is 16.5. The third kappa shape index (κ3) is 5.12. The fourth-order valence-electron chi connectivity index (χ4n) is 2.81. The number of nitrogens with two attached hydrogens (primary N) is 1. The molecule has 3 heterocycles. The van der Waals surface area contributed by atoms with Crippen LogP contribution >= 0.6 is 0 Å². The number of pyridine rings is 2. The van der Waals surface area contributed by atoms with Crippen LogP contribution in [0.15, 0.2) is 64.5 Å². The molecule has 0 saturated heterocycles. The smallest absolute Gasteiger partial charge is 0.262 e. The molecule has 176 valence electrons. The Hall–Kier alpha value is -4.87. The van der Waals surface area contributed by atoms with Gasteiger partial charge in [0.05, 0.1) is 26.9 Å². The first-order valence-corrected chi connectivity index (χ1v) is 9.70. The lowest BCUT2D eigenvalue weighted by molar-refractivity contribution is 0.318. The van der Waals surface area contributed by atoms with Crippen molar-refractivity contribution in [2.24, 2.45) is 10.9 Å². The summed E-state index contributed by atoms with van der Waals surface area (Å²) in [4.78, 5) is 12.3. The Bertz CT molecular complexity index is 1280. The predicted molar refractivity (Wildman–Crippen MR) is 121 cm³/mol. The second-order valence-electron chi connectivity index (χ2n) is 6.37. The largest absolute Gasteiger partial charge is 0.504 e. The molecule has 0 spiro atoms. The van der Waals surface area contributed by atoms with Gasteiger partial charge in [0.25, 0.3) is 5.89 Å². The number of aromatic nitrogens is 4. The van der Waals surface area contributed by atoms with Crippen LogP contribution < -0.4 is 19.9 Å². The van der Waals surface area contributed by atoms with Gasteiger partial charge in [-0.3, -0.25) is 0 Å². The molecule has 0 fully saturated rings. The maximum absolute atomic E-state index is 10.1. The number of aromatic hydroxyl groups is 1. The Morgan fingerprint density at radius 2 is 1.56 bits per heavy atom. The van der Waals surface area contributed by atoms with Crippen LogP contribution in [-0.2, 0) is 0 Å². The molecule has 4 N–H and O–H groups in total. The molecule has 0 aliphatic rings. The van der Waals surface area contributed by atoms with Gasteiger partial charge in [-0.2, -0.15) is 4.98 Å². The van der Waals surface area contributed by atoms with Crippen molar-refractivity contribution in [2.75, 3.05) is 21.3 Å². The van der Waals surface area contributed by atoms with Crippen molar-refractivity contribution in [3.8, 4) is 46.0 Å². The Kier molecular flexibility index (Phi) is 7.79. The summed E-state index contributed by atoms with van der Waals surface area (Å²) >= 11 is 0.